The second-order valence-electron chi connectivity index (χ2n) is 6.38. The second kappa shape index (κ2) is 9.94. The van der Waals surface area contributed by atoms with Gasteiger partial charge in [0.25, 0.3) is 0 Å². The van der Waals surface area contributed by atoms with Crippen LogP contribution in [0.4, 0.5) is 0 Å². The maximum absolute atomic E-state index is 9.84. The Hall–Kier alpha value is -0.570. The number of hydrogen-bond donors (Lipinski definition) is 3. The van der Waals surface area contributed by atoms with E-state index in [-0.39, 0.29) is 36.6 Å². The molecule has 3 rings (SSSR count). The van der Waals surface area contributed by atoms with Crippen LogP contribution in [0.5, 0.6) is 0 Å². The van der Waals surface area contributed by atoms with Gasteiger partial charge in [0.2, 0.25) is 6.29 Å². The summed E-state index contributed by atoms with van der Waals surface area (Å²) in [6.45, 7) is 6.00. The monoisotopic (exact) mass is 374 g/mol. The number of allylic oxidation sites excluding steroid dienone is 2. The first-order valence-corrected chi connectivity index (χ1v) is 9.83. The predicted molar refractivity (Wildman–Crippen MR) is 96.3 cm³/mol. The summed E-state index contributed by atoms with van der Waals surface area (Å²) in [6.07, 6.45) is 5.30. The normalized spacial score (nSPS) is 39.8. The van der Waals surface area contributed by atoms with Gasteiger partial charge < -0.3 is 24.8 Å². The van der Waals surface area contributed by atoms with E-state index in [1.54, 1.807) is 6.26 Å². The Kier molecular flexibility index (Phi) is 8.25. The Morgan fingerprint density at radius 3 is 2.72 bits per heavy atom. The van der Waals surface area contributed by atoms with E-state index >= 15 is 0 Å². The number of rotatable bonds is 5. The van der Waals surface area contributed by atoms with E-state index in [0.717, 1.165) is 17.6 Å². The van der Waals surface area contributed by atoms with Crippen LogP contribution in [0.15, 0.2) is 24.0 Å². The van der Waals surface area contributed by atoms with Crippen LogP contribution in [0.3, 0.4) is 0 Å². The molecule has 3 aliphatic rings. The molecule has 1 aliphatic carbocycles. The minimum absolute atomic E-state index is 0.00153. The Labute approximate surface area is 154 Å². The molecule has 25 heavy (non-hydrogen) atoms. The number of aliphatic hydroxyl groups excluding tert-OH is 3. The zero-order chi connectivity index (χ0) is 18.4. The van der Waals surface area contributed by atoms with Gasteiger partial charge >= 0.3 is 0 Å². The molecule has 7 atom stereocenters. The first-order chi connectivity index (χ1) is 12.1. The fourth-order valence-electron chi connectivity index (χ4n) is 3.57. The van der Waals surface area contributed by atoms with Crippen molar-refractivity contribution >= 4 is 12.0 Å². The fraction of sp³-hybridized carbons (Fsp3) is 0.778. The number of fused-ring (bicyclic) bond motifs is 1. The average molecular weight is 374 g/mol. The number of hydrogen-bond acceptors (Lipinski definition) is 7. The van der Waals surface area contributed by atoms with Gasteiger partial charge in [-0.2, -0.15) is 0 Å². The van der Waals surface area contributed by atoms with Gasteiger partial charge in [0.1, 0.15) is 5.44 Å². The van der Waals surface area contributed by atoms with Crippen LogP contribution in [-0.2, 0) is 13.7 Å². The lowest BCUT2D eigenvalue weighted by Crippen LogP contribution is -2.38. The van der Waals surface area contributed by atoms with Gasteiger partial charge in [-0.25, -0.2) is 0 Å². The zero-order valence-electron chi connectivity index (χ0n) is 15.1. The Bertz CT molecular complexity index is 468. The fourth-order valence-corrected chi connectivity index (χ4v) is 4.47. The van der Waals surface area contributed by atoms with E-state index in [4.69, 9.17) is 13.7 Å². The molecule has 0 aromatic rings. The predicted octanol–water partition coefficient (Wildman–Crippen LogP) is 2.21. The van der Waals surface area contributed by atoms with E-state index in [2.05, 4.69) is 13.0 Å². The van der Waals surface area contributed by atoms with Crippen molar-refractivity contribution in [1.29, 1.82) is 0 Å². The molecule has 0 amide bonds. The van der Waals surface area contributed by atoms with Gasteiger partial charge in [-0.3, -0.25) is 4.18 Å². The lowest BCUT2D eigenvalue weighted by molar-refractivity contribution is -0.0952. The molecular formula is C18H30O6S. The van der Waals surface area contributed by atoms with E-state index in [9.17, 15) is 15.3 Å². The highest BCUT2D eigenvalue weighted by Crippen LogP contribution is 2.44. The Balaban J connectivity index is 0.00000109. The lowest BCUT2D eigenvalue weighted by atomic mass is 9.85. The molecule has 144 valence electrons. The first-order valence-electron chi connectivity index (χ1n) is 9.02. The van der Waals surface area contributed by atoms with Gasteiger partial charge in [0, 0.05) is 24.9 Å². The Morgan fingerprint density at radius 1 is 1.28 bits per heavy atom. The van der Waals surface area contributed by atoms with Gasteiger partial charge in [-0.15, -0.1) is 0 Å². The molecule has 0 bridgehead atoms. The molecule has 0 spiro atoms. The zero-order valence-corrected chi connectivity index (χ0v) is 15.9. The molecule has 7 heteroatoms. The van der Waals surface area contributed by atoms with Crippen molar-refractivity contribution in [1.82, 2.24) is 0 Å². The van der Waals surface area contributed by atoms with Crippen LogP contribution in [-0.4, -0.2) is 52.5 Å². The standard InChI is InChI=1S/C16H24O6S.C2H6/c1-9-4-10(7-17)15-13(9)2-3-20-16(15)22-23-14-6-11(19)5-12(8-18)21-14;1-2/h2-4,9,11-19H,5-8H2,1H3;1-2H3/t9?,11-,12-,13-,14-,15+,16-;/m0./s1. The summed E-state index contributed by atoms with van der Waals surface area (Å²) in [5.41, 5.74) is 0.597. The van der Waals surface area contributed by atoms with Crippen LogP contribution in [0.2, 0.25) is 0 Å². The summed E-state index contributed by atoms with van der Waals surface area (Å²) in [7, 11) is 0. The SMILES string of the molecule is CC.CC1C=C(CO)[C@H]2[C@H](OS[C@H]3C[C@@H](O)C[C@@H](CO)O3)OC=C[C@@H]12. The maximum atomic E-state index is 9.84. The van der Waals surface area contributed by atoms with Gasteiger partial charge in [0.15, 0.2) is 0 Å². The smallest absolute Gasteiger partial charge is 0.218 e. The third kappa shape index (κ3) is 4.99. The van der Waals surface area contributed by atoms with E-state index in [1.807, 2.05) is 19.9 Å². The molecule has 1 saturated heterocycles. The highest BCUT2D eigenvalue weighted by molar-refractivity contribution is 7.95. The molecule has 0 aromatic carbocycles. The molecular weight excluding hydrogens is 344 g/mol. The summed E-state index contributed by atoms with van der Waals surface area (Å²) in [5, 5.41) is 28.6. The van der Waals surface area contributed by atoms with Gasteiger partial charge in [0.05, 0.1) is 37.6 Å². The van der Waals surface area contributed by atoms with E-state index < -0.39 is 12.4 Å². The molecule has 3 N–H and O–H groups in total. The molecule has 0 saturated carbocycles. The Morgan fingerprint density at radius 2 is 2.04 bits per heavy atom. The van der Waals surface area contributed by atoms with Crippen molar-refractivity contribution in [2.45, 2.75) is 57.5 Å². The van der Waals surface area contributed by atoms with Crippen LogP contribution in [0.1, 0.15) is 33.6 Å². The van der Waals surface area contributed by atoms with Crippen LogP contribution >= 0.6 is 12.0 Å². The van der Waals surface area contributed by atoms with Crippen molar-refractivity contribution in [2.24, 2.45) is 17.8 Å². The number of ether oxygens (including phenoxy) is 2. The molecule has 1 fully saturated rings. The minimum atomic E-state index is -0.499. The summed E-state index contributed by atoms with van der Waals surface area (Å²) in [5.74, 6) is 0.596. The minimum Gasteiger partial charge on any atom is -0.471 e. The molecule has 1 unspecified atom stereocenters. The maximum Gasteiger partial charge on any atom is 0.218 e. The lowest BCUT2D eigenvalue weighted by Gasteiger charge is -2.35. The molecule has 0 radical (unpaired) electrons. The van der Waals surface area contributed by atoms with Crippen molar-refractivity contribution in [3.63, 3.8) is 0 Å². The molecule has 2 aliphatic heterocycles. The summed E-state index contributed by atoms with van der Waals surface area (Å²) >= 11 is 1.13. The largest absolute Gasteiger partial charge is 0.471 e. The molecule has 2 heterocycles. The van der Waals surface area contributed by atoms with Crippen molar-refractivity contribution < 1.29 is 29.0 Å². The summed E-state index contributed by atoms with van der Waals surface area (Å²) < 4.78 is 17.1. The summed E-state index contributed by atoms with van der Waals surface area (Å²) in [4.78, 5) is 0. The highest BCUT2D eigenvalue weighted by Gasteiger charge is 2.42. The number of aliphatic hydroxyl groups is 3. The van der Waals surface area contributed by atoms with Crippen molar-refractivity contribution in [3.05, 3.63) is 24.0 Å². The van der Waals surface area contributed by atoms with E-state index in [0.29, 0.717) is 18.8 Å². The third-order valence-electron chi connectivity index (χ3n) is 4.72. The highest BCUT2D eigenvalue weighted by atomic mass is 32.2. The molecule has 6 nitrogen and oxygen atoms in total. The van der Waals surface area contributed by atoms with E-state index in [1.165, 1.54) is 0 Å². The summed E-state index contributed by atoms with van der Waals surface area (Å²) in [6, 6.07) is 0. The third-order valence-corrected chi connectivity index (χ3v) is 5.54. The van der Waals surface area contributed by atoms with Crippen LogP contribution < -0.4 is 0 Å². The first kappa shape index (κ1) is 20.7. The van der Waals surface area contributed by atoms with Crippen molar-refractivity contribution in [2.75, 3.05) is 13.2 Å². The van der Waals surface area contributed by atoms with Gasteiger partial charge in [-0.05, 0) is 23.5 Å². The average Bonchev–Trinajstić information content (AvgIpc) is 2.98. The molecule has 0 aromatic heterocycles. The quantitative estimate of drug-likeness (QED) is 0.502. The van der Waals surface area contributed by atoms with Crippen LogP contribution in [0, 0.1) is 17.8 Å². The van der Waals surface area contributed by atoms with Crippen LogP contribution in [0.25, 0.3) is 0 Å². The van der Waals surface area contributed by atoms with Gasteiger partial charge in [-0.1, -0.05) is 26.8 Å². The second-order valence-corrected chi connectivity index (χ2v) is 7.29. The topological polar surface area (TPSA) is 88.4 Å². The van der Waals surface area contributed by atoms with Crippen molar-refractivity contribution in [3.8, 4) is 0 Å².